The van der Waals surface area contributed by atoms with Gasteiger partial charge in [-0.3, -0.25) is 9.59 Å². The third-order valence-electron chi connectivity index (χ3n) is 4.66. The number of likely N-dealkylation sites (tertiary alicyclic amines) is 1. The highest BCUT2D eigenvalue weighted by Gasteiger charge is 2.50. The summed E-state index contributed by atoms with van der Waals surface area (Å²) in [7, 11) is -4.09. The molecule has 1 N–H and O–H groups in total. The standard InChI is InChI=1S/C18H17N3O4S2/c1-18(7-8-21(18)16(22)10-14-6-9-26-12-14)17(23)20-27(24,25)15-4-2-13(11-19)3-5-15/h2-6,9,12H,7-8,10H2,1H3,(H,20,23). The van der Waals surface area contributed by atoms with E-state index >= 15 is 0 Å². The molecule has 7 nitrogen and oxygen atoms in total. The second kappa shape index (κ2) is 7.13. The van der Waals surface area contributed by atoms with E-state index < -0.39 is 21.5 Å². The van der Waals surface area contributed by atoms with Gasteiger partial charge in [-0.1, -0.05) is 0 Å². The summed E-state index contributed by atoms with van der Waals surface area (Å²) in [5, 5.41) is 12.5. The average Bonchev–Trinajstić information content (AvgIpc) is 3.12. The molecule has 0 aliphatic carbocycles. The summed E-state index contributed by atoms with van der Waals surface area (Å²) < 4.78 is 26.9. The first-order valence-electron chi connectivity index (χ1n) is 8.15. The largest absolute Gasteiger partial charge is 0.328 e. The summed E-state index contributed by atoms with van der Waals surface area (Å²) in [4.78, 5) is 26.4. The molecular weight excluding hydrogens is 386 g/mol. The van der Waals surface area contributed by atoms with Crippen LogP contribution in [0.1, 0.15) is 24.5 Å². The number of sulfonamides is 1. The number of amides is 2. The van der Waals surface area contributed by atoms with E-state index in [0.29, 0.717) is 18.5 Å². The number of rotatable bonds is 5. The summed E-state index contributed by atoms with van der Waals surface area (Å²) in [6, 6.07) is 8.99. The number of nitrogens with zero attached hydrogens (tertiary/aromatic N) is 2. The Kier molecular flexibility index (Phi) is 5.04. The summed E-state index contributed by atoms with van der Waals surface area (Å²) in [5.74, 6) is -0.954. The molecule has 1 aromatic heterocycles. The molecule has 2 heterocycles. The Morgan fingerprint density at radius 3 is 2.52 bits per heavy atom. The molecule has 1 aliphatic heterocycles. The third-order valence-corrected chi connectivity index (χ3v) is 6.74. The third kappa shape index (κ3) is 3.72. The first-order valence-corrected chi connectivity index (χ1v) is 10.6. The highest BCUT2D eigenvalue weighted by molar-refractivity contribution is 7.90. The molecule has 9 heteroatoms. The van der Waals surface area contributed by atoms with Gasteiger partial charge in [0.2, 0.25) is 5.91 Å². The zero-order valence-corrected chi connectivity index (χ0v) is 16.1. The van der Waals surface area contributed by atoms with Crippen LogP contribution in [0, 0.1) is 11.3 Å². The molecule has 27 heavy (non-hydrogen) atoms. The van der Waals surface area contributed by atoms with E-state index in [1.807, 2.05) is 22.9 Å². The van der Waals surface area contributed by atoms with Gasteiger partial charge in [-0.25, -0.2) is 13.1 Å². The van der Waals surface area contributed by atoms with Gasteiger partial charge >= 0.3 is 0 Å². The lowest BCUT2D eigenvalue weighted by Gasteiger charge is -2.48. The lowest BCUT2D eigenvalue weighted by atomic mass is 9.85. The van der Waals surface area contributed by atoms with Gasteiger partial charge in [0.05, 0.1) is 22.9 Å². The highest BCUT2D eigenvalue weighted by Crippen LogP contribution is 2.32. The molecule has 0 spiro atoms. The number of nitriles is 1. The molecule has 0 radical (unpaired) electrons. The van der Waals surface area contributed by atoms with Crippen LogP contribution in [0.25, 0.3) is 0 Å². The van der Waals surface area contributed by atoms with Gasteiger partial charge in [0.25, 0.3) is 15.9 Å². The number of nitrogens with one attached hydrogen (secondary N) is 1. The first kappa shape index (κ1) is 19.1. The van der Waals surface area contributed by atoms with Gasteiger partial charge in [0, 0.05) is 6.54 Å². The van der Waals surface area contributed by atoms with Crippen LogP contribution in [0.2, 0.25) is 0 Å². The minimum atomic E-state index is -4.09. The second-order valence-corrected chi connectivity index (χ2v) is 8.91. The van der Waals surface area contributed by atoms with Crippen molar-refractivity contribution in [2.75, 3.05) is 6.54 Å². The van der Waals surface area contributed by atoms with E-state index in [2.05, 4.69) is 4.72 Å². The lowest BCUT2D eigenvalue weighted by molar-refractivity contribution is -0.156. The van der Waals surface area contributed by atoms with Crippen LogP contribution in [-0.2, 0) is 26.0 Å². The maximum atomic E-state index is 12.6. The lowest BCUT2D eigenvalue weighted by Crippen LogP contribution is -2.68. The minimum Gasteiger partial charge on any atom is -0.328 e. The van der Waals surface area contributed by atoms with Crippen molar-refractivity contribution in [3.05, 3.63) is 52.2 Å². The van der Waals surface area contributed by atoms with Crippen molar-refractivity contribution in [2.24, 2.45) is 0 Å². The van der Waals surface area contributed by atoms with Gasteiger partial charge in [-0.2, -0.15) is 16.6 Å². The van der Waals surface area contributed by atoms with Crippen molar-refractivity contribution < 1.29 is 18.0 Å². The molecule has 2 amide bonds. The topological polar surface area (TPSA) is 107 Å². The van der Waals surface area contributed by atoms with Crippen LogP contribution in [-0.4, -0.2) is 37.2 Å². The second-order valence-electron chi connectivity index (χ2n) is 6.45. The molecule has 1 unspecified atom stereocenters. The van der Waals surface area contributed by atoms with E-state index in [0.717, 1.165) is 5.56 Å². The number of carbonyl (C=O) groups excluding carboxylic acids is 2. The van der Waals surface area contributed by atoms with E-state index in [4.69, 9.17) is 5.26 Å². The Hall–Kier alpha value is -2.70. The van der Waals surface area contributed by atoms with Crippen molar-refractivity contribution in [3.8, 4) is 6.07 Å². The van der Waals surface area contributed by atoms with E-state index in [-0.39, 0.29) is 17.2 Å². The molecular formula is C18H17N3O4S2. The molecule has 0 bridgehead atoms. The van der Waals surface area contributed by atoms with Gasteiger partial charge in [0.15, 0.2) is 0 Å². The summed E-state index contributed by atoms with van der Waals surface area (Å²) in [6.45, 7) is 1.97. The normalized spacial score (nSPS) is 19.0. The van der Waals surface area contributed by atoms with Gasteiger partial charge in [0.1, 0.15) is 5.54 Å². The molecule has 3 rings (SSSR count). The van der Waals surface area contributed by atoms with Crippen molar-refractivity contribution in [1.82, 2.24) is 9.62 Å². The quantitative estimate of drug-likeness (QED) is 0.817. The number of carbonyl (C=O) groups is 2. The summed E-state index contributed by atoms with van der Waals surface area (Å²) in [6.07, 6.45) is 0.561. The van der Waals surface area contributed by atoms with Gasteiger partial charge < -0.3 is 4.90 Å². The summed E-state index contributed by atoms with van der Waals surface area (Å²) >= 11 is 1.48. The predicted octanol–water partition coefficient (Wildman–Crippen LogP) is 1.66. The maximum Gasteiger partial charge on any atom is 0.264 e. The smallest absolute Gasteiger partial charge is 0.264 e. The maximum absolute atomic E-state index is 12.6. The zero-order chi connectivity index (χ0) is 19.7. The van der Waals surface area contributed by atoms with Crippen molar-refractivity contribution >= 4 is 33.2 Å². The molecule has 1 saturated heterocycles. The molecule has 1 atom stereocenters. The van der Waals surface area contributed by atoms with Crippen LogP contribution < -0.4 is 4.72 Å². The predicted molar refractivity (Wildman–Crippen MR) is 99.2 cm³/mol. The average molecular weight is 403 g/mol. The monoisotopic (exact) mass is 403 g/mol. The van der Waals surface area contributed by atoms with Crippen LogP contribution in [0.5, 0.6) is 0 Å². The van der Waals surface area contributed by atoms with E-state index in [1.165, 1.54) is 40.5 Å². The van der Waals surface area contributed by atoms with Crippen molar-refractivity contribution in [3.63, 3.8) is 0 Å². The molecule has 140 valence electrons. The number of hydrogen-bond donors (Lipinski definition) is 1. The Morgan fingerprint density at radius 2 is 2.00 bits per heavy atom. The molecule has 0 saturated carbocycles. The van der Waals surface area contributed by atoms with Crippen LogP contribution >= 0.6 is 11.3 Å². The first-order chi connectivity index (χ1) is 12.8. The molecule has 1 aromatic carbocycles. The Bertz CT molecular complexity index is 1010. The number of thiophene rings is 1. The fourth-order valence-electron chi connectivity index (χ4n) is 2.86. The van der Waals surface area contributed by atoms with E-state index in [9.17, 15) is 18.0 Å². The fraction of sp³-hybridized carbons (Fsp3) is 0.278. The molecule has 1 aliphatic rings. The Morgan fingerprint density at radius 1 is 1.30 bits per heavy atom. The number of hydrogen-bond acceptors (Lipinski definition) is 6. The van der Waals surface area contributed by atoms with Crippen molar-refractivity contribution in [2.45, 2.75) is 30.2 Å². The SMILES string of the molecule is CC1(C(=O)NS(=O)(=O)c2ccc(C#N)cc2)CCN1C(=O)Cc1ccsc1. The minimum absolute atomic E-state index is 0.117. The van der Waals surface area contributed by atoms with Crippen LogP contribution in [0.3, 0.4) is 0 Å². The van der Waals surface area contributed by atoms with E-state index in [1.54, 1.807) is 6.92 Å². The fourth-order valence-corrected chi connectivity index (χ4v) is 4.60. The van der Waals surface area contributed by atoms with Crippen LogP contribution in [0.15, 0.2) is 46.0 Å². The van der Waals surface area contributed by atoms with Gasteiger partial charge in [-0.15, -0.1) is 0 Å². The summed E-state index contributed by atoms with van der Waals surface area (Å²) in [5.41, 5.74) is -0.0199. The zero-order valence-electron chi connectivity index (χ0n) is 14.5. The highest BCUT2D eigenvalue weighted by atomic mass is 32.2. The Balaban J connectivity index is 1.72. The van der Waals surface area contributed by atoms with Crippen molar-refractivity contribution in [1.29, 1.82) is 5.26 Å². The molecule has 1 fully saturated rings. The molecule has 2 aromatic rings. The van der Waals surface area contributed by atoms with Gasteiger partial charge in [-0.05, 0) is 60.0 Å². The Labute approximate surface area is 161 Å². The van der Waals surface area contributed by atoms with Crippen LogP contribution in [0.4, 0.5) is 0 Å². The number of benzene rings is 1.